The molecule has 0 spiro atoms. The first kappa shape index (κ1) is 21.8. The largest absolute Gasteiger partial charge is 0.497 e. The Morgan fingerprint density at radius 3 is 2.52 bits per heavy atom. The van der Waals surface area contributed by atoms with Crippen LogP contribution in [0.5, 0.6) is 11.5 Å². The summed E-state index contributed by atoms with van der Waals surface area (Å²) >= 11 is 7.47. The minimum Gasteiger partial charge on any atom is -0.497 e. The van der Waals surface area contributed by atoms with E-state index in [1.165, 1.54) is 28.0 Å². The molecule has 4 aromatic rings. The second kappa shape index (κ2) is 9.08. The van der Waals surface area contributed by atoms with Crippen LogP contribution in [0.25, 0.3) is 10.9 Å². The Hall–Kier alpha value is -3.03. The second-order valence-corrected chi connectivity index (χ2v) is 9.10. The number of fused-ring (bicyclic) bond motifs is 3. The van der Waals surface area contributed by atoms with Gasteiger partial charge in [0.1, 0.15) is 17.3 Å². The third-order valence-corrected chi connectivity index (χ3v) is 7.06. The van der Waals surface area contributed by atoms with Gasteiger partial charge in [-0.25, -0.2) is 4.39 Å². The van der Waals surface area contributed by atoms with E-state index in [1.807, 2.05) is 12.1 Å². The molecule has 1 aromatic heterocycles. The molecule has 7 heteroatoms. The van der Waals surface area contributed by atoms with Gasteiger partial charge < -0.3 is 19.4 Å². The maximum absolute atomic E-state index is 13.3. The number of benzene rings is 3. The first-order chi connectivity index (χ1) is 16.1. The zero-order valence-corrected chi connectivity index (χ0v) is 19.9. The summed E-state index contributed by atoms with van der Waals surface area (Å²) in [4.78, 5) is 6.98. The van der Waals surface area contributed by atoms with Crippen LogP contribution in [0.1, 0.15) is 24.3 Å². The highest BCUT2D eigenvalue weighted by atomic mass is 32.2. The lowest BCUT2D eigenvalue weighted by Crippen LogP contribution is -2.42. The fourth-order valence-corrected chi connectivity index (χ4v) is 5.12. The number of nitrogens with zero attached hydrogens (tertiary/aromatic N) is 1. The van der Waals surface area contributed by atoms with Crippen molar-refractivity contribution in [2.24, 2.45) is 0 Å². The number of ether oxygens (including phenoxy) is 2. The molecule has 0 saturated carbocycles. The van der Waals surface area contributed by atoms with Gasteiger partial charge in [-0.2, -0.15) is 0 Å². The highest BCUT2D eigenvalue weighted by Gasteiger charge is 2.34. The first-order valence-electron chi connectivity index (χ1n) is 10.6. The SMILES string of the molecule is COc1ccc(C2c3[nH]c4ccc(SC)cc4c3CCN2C(=S)Oc2ccc(F)cc2)cc1.[HH]. The quantitative estimate of drug-likeness (QED) is 0.263. The summed E-state index contributed by atoms with van der Waals surface area (Å²) in [6, 6.07) is 20.3. The predicted molar refractivity (Wildman–Crippen MR) is 137 cm³/mol. The lowest BCUT2D eigenvalue weighted by Gasteiger charge is -2.37. The Kier molecular flexibility index (Phi) is 6.00. The van der Waals surface area contributed by atoms with Crippen molar-refractivity contribution in [3.05, 3.63) is 89.4 Å². The number of methoxy groups -OCH3 is 1. The number of aromatic amines is 1. The number of hydrogen-bond acceptors (Lipinski definition) is 4. The first-order valence-corrected chi connectivity index (χ1v) is 12.3. The molecule has 1 atom stereocenters. The van der Waals surface area contributed by atoms with E-state index in [-0.39, 0.29) is 13.3 Å². The fraction of sp³-hybridized carbons (Fsp3) is 0.192. The molecule has 3 aromatic carbocycles. The van der Waals surface area contributed by atoms with E-state index in [9.17, 15) is 4.39 Å². The van der Waals surface area contributed by atoms with E-state index in [2.05, 4.69) is 46.5 Å². The number of halogens is 1. The second-order valence-electron chi connectivity index (χ2n) is 7.87. The van der Waals surface area contributed by atoms with Crippen molar-refractivity contribution in [1.82, 2.24) is 9.88 Å². The lowest BCUT2D eigenvalue weighted by molar-refractivity contribution is 0.289. The van der Waals surface area contributed by atoms with E-state index in [4.69, 9.17) is 21.7 Å². The molecule has 0 aliphatic carbocycles. The summed E-state index contributed by atoms with van der Waals surface area (Å²) in [5, 5.41) is 1.61. The van der Waals surface area contributed by atoms with Crippen molar-refractivity contribution in [3.63, 3.8) is 0 Å². The smallest absolute Gasteiger partial charge is 0.265 e. The van der Waals surface area contributed by atoms with E-state index in [0.29, 0.717) is 17.5 Å². The van der Waals surface area contributed by atoms with Crippen LogP contribution in [0.3, 0.4) is 0 Å². The van der Waals surface area contributed by atoms with Gasteiger partial charge in [0.25, 0.3) is 5.17 Å². The van der Waals surface area contributed by atoms with Crippen molar-refractivity contribution in [1.29, 1.82) is 0 Å². The van der Waals surface area contributed by atoms with Gasteiger partial charge in [-0.15, -0.1) is 11.8 Å². The van der Waals surface area contributed by atoms with Crippen LogP contribution in [0.4, 0.5) is 4.39 Å². The molecule has 1 aliphatic heterocycles. The van der Waals surface area contributed by atoms with Crippen LogP contribution in [0.15, 0.2) is 71.6 Å². The zero-order valence-electron chi connectivity index (χ0n) is 18.3. The summed E-state index contributed by atoms with van der Waals surface area (Å²) in [5.74, 6) is 1.00. The molecule has 0 bridgehead atoms. The number of H-pyrrole nitrogens is 1. The molecule has 1 N–H and O–H groups in total. The average molecular weight is 481 g/mol. The molecule has 0 radical (unpaired) electrons. The maximum Gasteiger partial charge on any atom is 0.265 e. The van der Waals surface area contributed by atoms with Crippen LogP contribution >= 0.6 is 24.0 Å². The van der Waals surface area contributed by atoms with Crippen molar-refractivity contribution >= 4 is 40.1 Å². The third-order valence-electron chi connectivity index (χ3n) is 6.02. The molecule has 170 valence electrons. The zero-order chi connectivity index (χ0) is 22.9. The summed E-state index contributed by atoms with van der Waals surface area (Å²) < 4.78 is 24.7. The molecule has 4 nitrogen and oxygen atoms in total. The summed E-state index contributed by atoms with van der Waals surface area (Å²) in [7, 11) is 1.66. The van der Waals surface area contributed by atoms with E-state index >= 15 is 0 Å². The predicted octanol–water partition coefficient (Wildman–Crippen LogP) is 6.59. The topological polar surface area (TPSA) is 37.5 Å². The third kappa shape index (κ3) is 4.18. The number of rotatable bonds is 4. The van der Waals surface area contributed by atoms with Gasteiger partial charge in [-0.1, -0.05) is 12.1 Å². The standard InChI is InChI=1S/C26H23FN2O2S2.H2/c1-30-18-7-3-16(4-8-18)25-24-21(22-15-20(33-2)11-12-23(22)28-24)13-14-29(25)26(32)31-19-9-5-17(27)6-10-19;/h3-12,15,25,28H,13-14H2,1-2H3;1H. The van der Waals surface area contributed by atoms with Crippen molar-refractivity contribution in [3.8, 4) is 11.5 Å². The Labute approximate surface area is 203 Å². The fourth-order valence-electron chi connectivity index (χ4n) is 4.39. The molecule has 0 fully saturated rings. The van der Waals surface area contributed by atoms with Crippen molar-refractivity contribution in [2.45, 2.75) is 17.4 Å². The van der Waals surface area contributed by atoms with Gasteiger partial charge in [-0.3, -0.25) is 0 Å². The molecule has 2 heterocycles. The molecule has 0 saturated heterocycles. The van der Waals surface area contributed by atoms with E-state index in [1.54, 1.807) is 31.0 Å². The van der Waals surface area contributed by atoms with Crippen molar-refractivity contribution < 1.29 is 15.3 Å². The Morgan fingerprint density at radius 2 is 1.82 bits per heavy atom. The number of aromatic nitrogens is 1. The van der Waals surface area contributed by atoms with Gasteiger partial charge in [0.15, 0.2) is 0 Å². The van der Waals surface area contributed by atoms with Crippen LogP contribution < -0.4 is 9.47 Å². The van der Waals surface area contributed by atoms with Crippen LogP contribution in [0, 0.1) is 5.82 Å². The molecule has 1 unspecified atom stereocenters. The minimum absolute atomic E-state index is 0. The summed E-state index contributed by atoms with van der Waals surface area (Å²) in [5.41, 5.74) is 4.62. The summed E-state index contributed by atoms with van der Waals surface area (Å²) in [6.07, 6.45) is 2.93. The highest BCUT2D eigenvalue weighted by Crippen LogP contribution is 2.40. The highest BCUT2D eigenvalue weighted by molar-refractivity contribution is 7.98. The van der Waals surface area contributed by atoms with Gasteiger partial charge in [0, 0.05) is 29.5 Å². The number of hydrogen-bond donors (Lipinski definition) is 1. The monoisotopic (exact) mass is 480 g/mol. The number of thioether (sulfide) groups is 1. The van der Waals surface area contributed by atoms with Gasteiger partial charge in [0.05, 0.1) is 13.2 Å². The minimum atomic E-state index is -0.310. The normalized spacial score (nSPS) is 15.4. The van der Waals surface area contributed by atoms with Crippen LogP contribution in [-0.2, 0) is 6.42 Å². The van der Waals surface area contributed by atoms with Crippen molar-refractivity contribution in [2.75, 3.05) is 19.9 Å². The molecule has 0 amide bonds. The number of nitrogens with one attached hydrogen (secondary N) is 1. The van der Waals surface area contributed by atoms with E-state index in [0.717, 1.165) is 28.9 Å². The lowest BCUT2D eigenvalue weighted by atomic mass is 9.93. The molecule has 33 heavy (non-hydrogen) atoms. The number of thiocarbonyl (C=S) groups is 1. The van der Waals surface area contributed by atoms with Gasteiger partial charge >= 0.3 is 0 Å². The summed E-state index contributed by atoms with van der Waals surface area (Å²) in [6.45, 7) is 0.709. The van der Waals surface area contributed by atoms with Crippen LogP contribution in [0.2, 0.25) is 0 Å². The van der Waals surface area contributed by atoms with Crippen LogP contribution in [-0.4, -0.2) is 35.0 Å². The molecular weight excluding hydrogens is 455 g/mol. The Morgan fingerprint density at radius 1 is 1.09 bits per heavy atom. The van der Waals surface area contributed by atoms with Gasteiger partial charge in [-0.05, 0) is 90.6 Å². The van der Waals surface area contributed by atoms with E-state index < -0.39 is 0 Å². The Balaban J connectivity index is 0.00000274. The van der Waals surface area contributed by atoms with Gasteiger partial charge in [0.2, 0.25) is 0 Å². The maximum atomic E-state index is 13.3. The molecule has 5 rings (SSSR count). The molecule has 1 aliphatic rings. The Bertz CT molecular complexity index is 1310. The average Bonchev–Trinajstić information content (AvgIpc) is 3.22. The molecular formula is C26H25FN2O2S2.